The van der Waals surface area contributed by atoms with E-state index in [0.29, 0.717) is 17.0 Å². The molecular formula is C14H19NO3S. The van der Waals surface area contributed by atoms with Gasteiger partial charge in [0.1, 0.15) is 5.75 Å². The van der Waals surface area contributed by atoms with Crippen molar-refractivity contribution in [1.82, 2.24) is 5.32 Å². The largest absolute Gasteiger partial charge is 0.507 e. The van der Waals surface area contributed by atoms with E-state index in [2.05, 4.69) is 11.6 Å². The Morgan fingerprint density at radius 3 is 2.68 bits per heavy atom. The number of ether oxygens (including phenoxy) is 2. The number of rotatable bonds is 5. The van der Waals surface area contributed by atoms with Crippen LogP contribution in [0.15, 0.2) is 12.1 Å². The Morgan fingerprint density at radius 1 is 1.32 bits per heavy atom. The van der Waals surface area contributed by atoms with Gasteiger partial charge < -0.3 is 19.9 Å². The van der Waals surface area contributed by atoms with Crippen LogP contribution in [-0.2, 0) is 6.54 Å². The summed E-state index contributed by atoms with van der Waals surface area (Å²) in [6.07, 6.45) is 6.08. The lowest BCUT2D eigenvalue weighted by Gasteiger charge is -2.40. The van der Waals surface area contributed by atoms with Gasteiger partial charge in [-0.15, -0.1) is 0 Å². The molecule has 0 spiro atoms. The quantitative estimate of drug-likeness (QED) is 0.868. The topological polar surface area (TPSA) is 50.7 Å². The predicted octanol–water partition coefficient (Wildman–Crippen LogP) is 2.50. The normalized spacial score (nSPS) is 19.2. The van der Waals surface area contributed by atoms with Gasteiger partial charge in [-0.1, -0.05) is 6.42 Å². The van der Waals surface area contributed by atoms with Crippen molar-refractivity contribution < 1.29 is 14.6 Å². The highest BCUT2D eigenvalue weighted by Gasteiger charge is 2.35. The number of hydrogen-bond donors (Lipinski definition) is 2. The van der Waals surface area contributed by atoms with E-state index in [1.165, 1.54) is 19.3 Å². The zero-order chi connectivity index (χ0) is 13.3. The number of hydrogen-bond acceptors (Lipinski definition) is 5. The van der Waals surface area contributed by atoms with E-state index < -0.39 is 0 Å². The van der Waals surface area contributed by atoms with Crippen molar-refractivity contribution >= 4 is 11.8 Å². The zero-order valence-electron chi connectivity index (χ0n) is 11.1. The molecule has 1 heterocycles. The summed E-state index contributed by atoms with van der Waals surface area (Å²) in [7, 11) is 0. The Kier molecular flexibility index (Phi) is 3.50. The minimum atomic E-state index is 0.237. The Hall–Kier alpha value is -1.07. The van der Waals surface area contributed by atoms with Gasteiger partial charge in [0.15, 0.2) is 11.5 Å². The number of benzene rings is 1. The molecule has 5 heteroatoms. The van der Waals surface area contributed by atoms with E-state index in [1.54, 1.807) is 6.07 Å². The molecule has 1 fully saturated rings. The van der Waals surface area contributed by atoms with Crippen LogP contribution in [0.1, 0.15) is 24.8 Å². The molecule has 1 saturated carbocycles. The van der Waals surface area contributed by atoms with Crippen LogP contribution in [0.5, 0.6) is 17.2 Å². The monoisotopic (exact) mass is 281 g/mol. The second-order valence-electron chi connectivity index (χ2n) is 5.18. The van der Waals surface area contributed by atoms with Crippen molar-refractivity contribution in [2.75, 3.05) is 19.6 Å². The fourth-order valence-corrected chi connectivity index (χ4v) is 3.51. The first-order valence-electron chi connectivity index (χ1n) is 6.60. The highest BCUT2D eigenvalue weighted by Crippen LogP contribution is 2.42. The van der Waals surface area contributed by atoms with E-state index in [0.717, 1.165) is 17.9 Å². The van der Waals surface area contributed by atoms with Crippen LogP contribution in [0, 0.1) is 0 Å². The number of nitrogens with one attached hydrogen (secondary N) is 1. The van der Waals surface area contributed by atoms with Crippen molar-refractivity contribution in [3.05, 3.63) is 17.7 Å². The summed E-state index contributed by atoms with van der Waals surface area (Å²) in [5.74, 6) is 1.61. The van der Waals surface area contributed by atoms with Gasteiger partial charge in [-0.2, -0.15) is 11.8 Å². The first-order valence-corrected chi connectivity index (χ1v) is 7.82. The molecule has 0 unspecified atom stereocenters. The third-order valence-electron chi connectivity index (χ3n) is 4.03. The minimum Gasteiger partial charge on any atom is -0.507 e. The van der Waals surface area contributed by atoms with E-state index in [9.17, 15) is 5.11 Å². The van der Waals surface area contributed by atoms with E-state index in [4.69, 9.17) is 9.47 Å². The maximum atomic E-state index is 9.95. The molecule has 0 aromatic heterocycles. The SMILES string of the molecule is CSC1(CNCc2cc3c(cc2O)OCO3)CCC1. The lowest BCUT2D eigenvalue weighted by atomic mass is 9.84. The molecule has 0 atom stereocenters. The van der Waals surface area contributed by atoms with E-state index in [-0.39, 0.29) is 12.5 Å². The molecule has 104 valence electrons. The average molecular weight is 281 g/mol. The fourth-order valence-electron chi connectivity index (χ4n) is 2.56. The summed E-state index contributed by atoms with van der Waals surface area (Å²) < 4.78 is 11.0. The molecule has 1 aliphatic carbocycles. The maximum Gasteiger partial charge on any atom is 0.231 e. The Balaban J connectivity index is 1.61. The first kappa shape index (κ1) is 12.9. The van der Waals surface area contributed by atoms with Gasteiger partial charge in [0.25, 0.3) is 0 Å². The van der Waals surface area contributed by atoms with E-state index >= 15 is 0 Å². The average Bonchev–Trinajstić information content (AvgIpc) is 2.79. The number of phenols is 1. The summed E-state index contributed by atoms with van der Waals surface area (Å²) in [5.41, 5.74) is 0.861. The maximum absolute atomic E-state index is 9.95. The molecule has 4 nitrogen and oxygen atoms in total. The number of fused-ring (bicyclic) bond motifs is 1. The summed E-state index contributed by atoms with van der Waals surface area (Å²) in [6, 6.07) is 3.49. The fraction of sp³-hybridized carbons (Fsp3) is 0.571. The number of phenolic OH excluding ortho intramolecular Hbond substituents is 1. The molecule has 2 aliphatic rings. The van der Waals surface area contributed by atoms with Crippen LogP contribution in [0.2, 0.25) is 0 Å². The predicted molar refractivity (Wildman–Crippen MR) is 76.0 cm³/mol. The molecule has 0 saturated heterocycles. The van der Waals surface area contributed by atoms with Crippen molar-refractivity contribution in [3.63, 3.8) is 0 Å². The third-order valence-corrected chi connectivity index (χ3v) is 5.45. The van der Waals surface area contributed by atoms with Crippen LogP contribution in [0.3, 0.4) is 0 Å². The molecule has 0 bridgehead atoms. The van der Waals surface area contributed by atoms with Gasteiger partial charge in [0.05, 0.1) is 0 Å². The van der Waals surface area contributed by atoms with Gasteiger partial charge in [-0.05, 0) is 25.2 Å². The molecule has 3 rings (SSSR count). The van der Waals surface area contributed by atoms with Crippen molar-refractivity contribution in [1.29, 1.82) is 0 Å². The summed E-state index contributed by atoms with van der Waals surface area (Å²) in [6.45, 7) is 1.88. The number of thioether (sulfide) groups is 1. The van der Waals surface area contributed by atoms with Crippen molar-refractivity contribution in [2.45, 2.75) is 30.6 Å². The van der Waals surface area contributed by atoms with Gasteiger partial charge in [0.2, 0.25) is 6.79 Å². The van der Waals surface area contributed by atoms with Gasteiger partial charge >= 0.3 is 0 Å². The Labute approximate surface area is 117 Å². The molecule has 0 amide bonds. The zero-order valence-corrected chi connectivity index (χ0v) is 11.9. The van der Waals surface area contributed by atoms with Crippen molar-refractivity contribution in [2.24, 2.45) is 0 Å². The van der Waals surface area contributed by atoms with Crippen LogP contribution < -0.4 is 14.8 Å². The highest BCUT2D eigenvalue weighted by molar-refractivity contribution is 8.00. The lowest BCUT2D eigenvalue weighted by molar-refractivity contribution is 0.174. The summed E-state index contributed by atoms with van der Waals surface area (Å²) in [5, 5.41) is 13.4. The third kappa shape index (κ3) is 2.49. The molecule has 1 aliphatic heterocycles. The van der Waals surface area contributed by atoms with Gasteiger partial charge in [0, 0.05) is 29.5 Å². The summed E-state index contributed by atoms with van der Waals surface area (Å²) in [4.78, 5) is 0. The first-order chi connectivity index (χ1) is 9.22. The Bertz CT molecular complexity index is 468. The molecule has 2 N–H and O–H groups in total. The molecule has 0 radical (unpaired) electrons. The second-order valence-corrected chi connectivity index (χ2v) is 6.45. The number of aromatic hydroxyl groups is 1. The van der Waals surface area contributed by atoms with Crippen LogP contribution in [0.4, 0.5) is 0 Å². The molecular weight excluding hydrogens is 262 g/mol. The molecule has 1 aromatic carbocycles. The highest BCUT2D eigenvalue weighted by atomic mass is 32.2. The van der Waals surface area contributed by atoms with Crippen LogP contribution in [-0.4, -0.2) is 29.4 Å². The second kappa shape index (κ2) is 5.13. The van der Waals surface area contributed by atoms with Crippen LogP contribution in [0.25, 0.3) is 0 Å². The minimum absolute atomic E-state index is 0.237. The molecule has 1 aromatic rings. The Morgan fingerprint density at radius 2 is 2.05 bits per heavy atom. The summed E-state index contributed by atoms with van der Waals surface area (Å²) >= 11 is 1.95. The van der Waals surface area contributed by atoms with Crippen LogP contribution >= 0.6 is 11.8 Å². The van der Waals surface area contributed by atoms with Gasteiger partial charge in [-0.3, -0.25) is 0 Å². The van der Waals surface area contributed by atoms with Gasteiger partial charge in [-0.25, -0.2) is 0 Å². The van der Waals surface area contributed by atoms with Crippen molar-refractivity contribution in [3.8, 4) is 17.2 Å². The van der Waals surface area contributed by atoms with E-state index in [1.807, 2.05) is 17.8 Å². The molecule has 19 heavy (non-hydrogen) atoms. The smallest absolute Gasteiger partial charge is 0.231 e. The standard InChI is InChI=1S/C14H19NO3S/c1-19-14(3-2-4-14)8-15-7-10-5-12-13(6-11(10)16)18-9-17-12/h5-6,15-16H,2-4,7-9H2,1H3. The lowest BCUT2D eigenvalue weighted by Crippen LogP contribution is -2.43.